The van der Waals surface area contributed by atoms with E-state index in [1.54, 1.807) is 0 Å². The normalized spacial score (nSPS) is 25.2. The highest BCUT2D eigenvalue weighted by Crippen LogP contribution is 2.46. The lowest BCUT2D eigenvalue weighted by Crippen LogP contribution is -2.35. The second-order valence-electron chi connectivity index (χ2n) is 6.11. The summed E-state index contributed by atoms with van der Waals surface area (Å²) in [6.45, 7) is 2.06. The molecule has 3 rings (SSSR count). The zero-order chi connectivity index (χ0) is 14.9. The number of hydrogen-bond acceptors (Lipinski definition) is 3. The first-order valence-electron chi connectivity index (χ1n) is 7.38. The van der Waals surface area contributed by atoms with Crippen LogP contribution >= 0.6 is 0 Å². The number of aromatic nitrogens is 1. The van der Waals surface area contributed by atoms with Crippen molar-refractivity contribution in [1.82, 2.24) is 10.3 Å². The minimum Gasteiger partial charge on any atom is -0.490 e. The first-order chi connectivity index (χ1) is 9.97. The number of piperidine rings is 1. The van der Waals surface area contributed by atoms with Crippen molar-refractivity contribution in [1.29, 1.82) is 0 Å². The fourth-order valence-corrected chi connectivity index (χ4v) is 3.50. The molecule has 0 radical (unpaired) electrons. The molecule has 1 atom stereocenters. The van der Waals surface area contributed by atoms with Gasteiger partial charge in [0, 0.05) is 12.3 Å². The highest BCUT2D eigenvalue weighted by Gasteiger charge is 2.41. The van der Waals surface area contributed by atoms with Gasteiger partial charge in [-0.15, -0.1) is 0 Å². The van der Waals surface area contributed by atoms with Gasteiger partial charge in [-0.2, -0.15) is 13.2 Å². The molecule has 3 nitrogen and oxygen atoms in total. The summed E-state index contributed by atoms with van der Waals surface area (Å²) in [4.78, 5) is 3.36. The Hall–Kier alpha value is -1.30. The minimum absolute atomic E-state index is 0.0200. The molecule has 1 aliphatic heterocycles. The zero-order valence-electron chi connectivity index (χ0n) is 11.7. The van der Waals surface area contributed by atoms with Gasteiger partial charge in [0.2, 0.25) is 0 Å². The molecule has 0 amide bonds. The Morgan fingerprint density at radius 1 is 1.24 bits per heavy atom. The monoisotopic (exact) mass is 300 g/mol. The third kappa shape index (κ3) is 3.31. The second-order valence-corrected chi connectivity index (χ2v) is 6.11. The number of ether oxygens (including phenoxy) is 1. The summed E-state index contributed by atoms with van der Waals surface area (Å²) in [6.07, 6.45) is 2.00. The molecule has 1 N–H and O–H groups in total. The van der Waals surface area contributed by atoms with E-state index in [0.29, 0.717) is 5.41 Å². The number of nitrogens with zero attached hydrogens (tertiary/aromatic N) is 1. The van der Waals surface area contributed by atoms with Gasteiger partial charge in [-0.05, 0) is 56.7 Å². The number of hydrogen-bond donors (Lipinski definition) is 1. The van der Waals surface area contributed by atoms with Crippen molar-refractivity contribution in [3.63, 3.8) is 0 Å². The molecular formula is C15H19F3N2O. The van der Waals surface area contributed by atoms with Gasteiger partial charge in [0.15, 0.2) is 0 Å². The smallest absolute Gasteiger partial charge is 0.433 e. The van der Waals surface area contributed by atoms with Crippen molar-refractivity contribution in [3.8, 4) is 5.75 Å². The fraction of sp³-hybridized carbons (Fsp3) is 0.667. The molecule has 1 aliphatic carbocycles. The van der Waals surface area contributed by atoms with Gasteiger partial charge in [-0.1, -0.05) is 0 Å². The van der Waals surface area contributed by atoms with Gasteiger partial charge in [0.05, 0.1) is 6.10 Å². The van der Waals surface area contributed by atoms with E-state index in [4.69, 9.17) is 4.74 Å². The van der Waals surface area contributed by atoms with Gasteiger partial charge in [-0.3, -0.25) is 4.98 Å². The molecule has 0 bridgehead atoms. The van der Waals surface area contributed by atoms with E-state index >= 15 is 0 Å². The third-order valence-corrected chi connectivity index (χ3v) is 4.65. The second kappa shape index (κ2) is 5.48. The average Bonchev–Trinajstić information content (AvgIpc) is 2.81. The van der Waals surface area contributed by atoms with Crippen LogP contribution in [0.4, 0.5) is 13.2 Å². The van der Waals surface area contributed by atoms with Crippen LogP contribution in [0.15, 0.2) is 18.3 Å². The molecule has 1 aromatic heterocycles. The predicted octanol–water partition coefficient (Wildman–Crippen LogP) is 3.40. The number of halogens is 3. The Bertz CT molecular complexity index is 498. The fourth-order valence-electron chi connectivity index (χ4n) is 3.50. The Kier molecular flexibility index (Phi) is 3.82. The number of nitrogens with one attached hydrogen (secondary N) is 1. The van der Waals surface area contributed by atoms with Crippen molar-refractivity contribution in [2.45, 2.75) is 44.4 Å². The van der Waals surface area contributed by atoms with E-state index in [0.717, 1.165) is 57.5 Å². The Balaban J connectivity index is 1.65. The molecule has 116 valence electrons. The molecule has 1 saturated carbocycles. The number of rotatable bonds is 2. The largest absolute Gasteiger partial charge is 0.490 e. The predicted molar refractivity (Wildman–Crippen MR) is 72.0 cm³/mol. The highest BCUT2D eigenvalue weighted by molar-refractivity contribution is 5.24. The summed E-state index contributed by atoms with van der Waals surface area (Å²) in [6, 6.07) is 2.50. The molecule has 0 aromatic carbocycles. The van der Waals surface area contributed by atoms with Crippen LogP contribution in [0.3, 0.4) is 0 Å². The van der Waals surface area contributed by atoms with Crippen LogP contribution in [0.5, 0.6) is 5.75 Å². The third-order valence-electron chi connectivity index (χ3n) is 4.65. The molecule has 1 saturated heterocycles. The lowest BCUT2D eigenvalue weighted by molar-refractivity contribution is -0.141. The van der Waals surface area contributed by atoms with E-state index in [1.807, 2.05) is 0 Å². The van der Waals surface area contributed by atoms with Crippen LogP contribution in [-0.2, 0) is 6.18 Å². The van der Waals surface area contributed by atoms with Crippen molar-refractivity contribution in [2.75, 3.05) is 13.1 Å². The molecule has 2 fully saturated rings. The van der Waals surface area contributed by atoms with Crippen LogP contribution < -0.4 is 10.1 Å². The highest BCUT2D eigenvalue weighted by atomic mass is 19.4. The quantitative estimate of drug-likeness (QED) is 0.909. The van der Waals surface area contributed by atoms with E-state index in [-0.39, 0.29) is 11.9 Å². The van der Waals surface area contributed by atoms with E-state index in [1.165, 1.54) is 6.07 Å². The minimum atomic E-state index is -4.43. The van der Waals surface area contributed by atoms with Crippen LogP contribution in [0.25, 0.3) is 0 Å². The van der Waals surface area contributed by atoms with Crippen molar-refractivity contribution >= 4 is 0 Å². The lowest BCUT2D eigenvalue weighted by atomic mass is 9.77. The Morgan fingerprint density at radius 2 is 2.00 bits per heavy atom. The maximum Gasteiger partial charge on any atom is 0.433 e. The molecule has 2 heterocycles. The van der Waals surface area contributed by atoms with Crippen molar-refractivity contribution in [2.24, 2.45) is 5.41 Å². The number of alkyl halides is 3. The van der Waals surface area contributed by atoms with Crippen LogP contribution in [0.2, 0.25) is 0 Å². The van der Waals surface area contributed by atoms with E-state index in [9.17, 15) is 13.2 Å². The van der Waals surface area contributed by atoms with Gasteiger partial charge in [0.1, 0.15) is 11.4 Å². The molecular weight excluding hydrogens is 281 g/mol. The van der Waals surface area contributed by atoms with Crippen LogP contribution in [-0.4, -0.2) is 24.2 Å². The van der Waals surface area contributed by atoms with E-state index < -0.39 is 11.9 Å². The maximum atomic E-state index is 12.6. The SMILES string of the molecule is FC(F)(F)c1cc(OC2CCC3(CCNCC3)C2)ccn1. The summed E-state index contributed by atoms with van der Waals surface area (Å²) in [5.74, 6) is 0.272. The summed E-state index contributed by atoms with van der Waals surface area (Å²) in [5, 5.41) is 3.35. The molecule has 1 spiro atoms. The van der Waals surface area contributed by atoms with Gasteiger partial charge < -0.3 is 10.1 Å². The molecule has 1 unspecified atom stereocenters. The lowest BCUT2D eigenvalue weighted by Gasteiger charge is -2.33. The first-order valence-corrected chi connectivity index (χ1v) is 7.38. The summed E-state index contributed by atoms with van der Waals surface area (Å²) >= 11 is 0. The van der Waals surface area contributed by atoms with Crippen molar-refractivity contribution < 1.29 is 17.9 Å². The standard InChI is InChI=1S/C15H19F3N2O/c16-15(17,18)13-9-11(2-6-20-13)21-12-1-3-14(10-12)4-7-19-8-5-14/h2,6,9,12,19H,1,3-5,7-8,10H2. The zero-order valence-corrected chi connectivity index (χ0v) is 11.7. The summed E-state index contributed by atoms with van der Waals surface area (Å²) < 4.78 is 43.7. The van der Waals surface area contributed by atoms with Crippen LogP contribution in [0.1, 0.15) is 37.8 Å². The van der Waals surface area contributed by atoms with Gasteiger partial charge >= 0.3 is 6.18 Å². The van der Waals surface area contributed by atoms with Gasteiger partial charge in [0.25, 0.3) is 0 Å². The van der Waals surface area contributed by atoms with Gasteiger partial charge in [-0.25, -0.2) is 0 Å². The van der Waals surface area contributed by atoms with E-state index in [2.05, 4.69) is 10.3 Å². The topological polar surface area (TPSA) is 34.1 Å². The van der Waals surface area contributed by atoms with Crippen molar-refractivity contribution in [3.05, 3.63) is 24.0 Å². The molecule has 2 aliphatic rings. The summed E-state index contributed by atoms with van der Waals surface area (Å²) in [7, 11) is 0. The first kappa shape index (κ1) is 14.6. The number of pyridine rings is 1. The average molecular weight is 300 g/mol. The molecule has 6 heteroatoms. The van der Waals surface area contributed by atoms with Crippen LogP contribution in [0, 0.1) is 5.41 Å². The summed E-state index contributed by atoms with van der Waals surface area (Å²) in [5.41, 5.74) is -0.565. The Morgan fingerprint density at radius 3 is 2.71 bits per heavy atom. The Labute approximate surface area is 121 Å². The molecule has 1 aromatic rings. The maximum absolute atomic E-state index is 12.6. The molecule has 21 heavy (non-hydrogen) atoms.